The van der Waals surface area contributed by atoms with Crippen molar-refractivity contribution < 1.29 is 10.1 Å². The predicted molar refractivity (Wildman–Crippen MR) is 56.0 cm³/mol. The Morgan fingerprint density at radius 1 is 1.23 bits per heavy atom. The molecule has 0 radical (unpaired) electrons. The first kappa shape index (κ1) is 14.3. The van der Waals surface area contributed by atoms with Gasteiger partial charge in [-0.2, -0.15) is 0 Å². The molecule has 0 rings (SSSR count). The Morgan fingerprint density at radius 3 is 2.46 bits per heavy atom. The lowest BCUT2D eigenvalue weighted by molar-refractivity contribution is -0.186. The summed E-state index contributed by atoms with van der Waals surface area (Å²) in [6, 6.07) is 0. The van der Waals surface area contributed by atoms with E-state index in [4.69, 9.17) is 5.26 Å². The molecular weight excluding hydrogens is 164 g/mol. The maximum absolute atomic E-state index is 7.86. The third-order valence-corrected chi connectivity index (χ3v) is 0.908. The highest BCUT2D eigenvalue weighted by atomic mass is 17.1. The molecule has 0 aliphatic rings. The summed E-state index contributed by atoms with van der Waals surface area (Å²) in [6.07, 6.45) is 8.06. The van der Waals surface area contributed by atoms with Gasteiger partial charge >= 0.3 is 0 Å². The molecule has 1 N–H and O–H groups in total. The van der Waals surface area contributed by atoms with E-state index in [0.717, 1.165) is 12.8 Å². The van der Waals surface area contributed by atoms with E-state index < -0.39 is 0 Å². The second-order valence-corrected chi connectivity index (χ2v) is 1.77. The van der Waals surface area contributed by atoms with Crippen LogP contribution in [0.3, 0.4) is 0 Å². The van der Waals surface area contributed by atoms with E-state index >= 15 is 0 Å². The molecule has 2 nitrogen and oxygen atoms in total. The van der Waals surface area contributed by atoms with Gasteiger partial charge in [0.1, 0.15) is 6.26 Å². The van der Waals surface area contributed by atoms with E-state index in [9.17, 15) is 0 Å². The SMILES string of the molecule is CC.CCC#CC/C=C\C=C\OO. The first-order valence-corrected chi connectivity index (χ1v) is 4.49. The van der Waals surface area contributed by atoms with Crippen molar-refractivity contribution in [2.24, 2.45) is 0 Å². The molecule has 0 amide bonds. The molecule has 0 bridgehead atoms. The van der Waals surface area contributed by atoms with Crippen LogP contribution < -0.4 is 0 Å². The largest absolute Gasteiger partial charge is 0.348 e. The number of rotatable bonds is 3. The Bertz CT molecular complexity index is 182. The molecule has 0 aromatic rings. The Balaban J connectivity index is 0. The minimum atomic E-state index is 0.740. The second kappa shape index (κ2) is 17.0. The summed E-state index contributed by atoms with van der Waals surface area (Å²) >= 11 is 0. The van der Waals surface area contributed by atoms with Crippen LogP contribution in [0.15, 0.2) is 24.5 Å². The summed E-state index contributed by atoms with van der Waals surface area (Å²) in [4.78, 5) is 3.70. The van der Waals surface area contributed by atoms with Gasteiger partial charge in [0.15, 0.2) is 0 Å². The van der Waals surface area contributed by atoms with Crippen LogP contribution in [0, 0.1) is 11.8 Å². The molecule has 0 aliphatic heterocycles. The first-order chi connectivity index (χ1) is 6.41. The van der Waals surface area contributed by atoms with E-state index in [1.807, 2.05) is 26.8 Å². The molecule has 74 valence electrons. The van der Waals surface area contributed by atoms with Gasteiger partial charge in [0.25, 0.3) is 0 Å². The standard InChI is InChI=1S/C9H12O2.C2H6/c1-2-3-4-5-6-7-8-9-11-10;1-2/h6-10H,2,5H2,1H3;1-2H3/b7-6-,9-8+;. The molecule has 0 aliphatic carbocycles. The molecule has 0 unspecified atom stereocenters. The molecular formula is C11H18O2. The van der Waals surface area contributed by atoms with Gasteiger partial charge in [-0.3, -0.25) is 0 Å². The molecule has 0 spiro atoms. The van der Waals surface area contributed by atoms with Gasteiger partial charge in [0.05, 0.1) is 0 Å². The third kappa shape index (κ3) is 18.1. The van der Waals surface area contributed by atoms with E-state index in [1.54, 1.807) is 12.2 Å². The number of hydrogen-bond donors (Lipinski definition) is 1. The van der Waals surface area contributed by atoms with Crippen LogP contribution in [-0.4, -0.2) is 5.26 Å². The fourth-order valence-electron chi connectivity index (χ4n) is 0.483. The zero-order valence-electron chi connectivity index (χ0n) is 8.58. The minimum absolute atomic E-state index is 0.740. The van der Waals surface area contributed by atoms with Crippen LogP contribution in [0.2, 0.25) is 0 Å². The molecule has 2 heteroatoms. The van der Waals surface area contributed by atoms with Crippen molar-refractivity contribution in [3.63, 3.8) is 0 Å². The minimum Gasteiger partial charge on any atom is -0.348 e. The van der Waals surface area contributed by atoms with Crippen molar-refractivity contribution in [1.29, 1.82) is 0 Å². The molecule has 13 heavy (non-hydrogen) atoms. The Labute approximate surface area is 80.9 Å². The van der Waals surface area contributed by atoms with Crippen molar-refractivity contribution in [2.75, 3.05) is 0 Å². The van der Waals surface area contributed by atoms with Gasteiger partial charge in [-0.05, 0) is 6.08 Å². The van der Waals surface area contributed by atoms with Crippen LogP contribution in [-0.2, 0) is 4.89 Å². The molecule has 0 aromatic carbocycles. The van der Waals surface area contributed by atoms with Crippen LogP contribution >= 0.6 is 0 Å². The zero-order chi connectivity index (χ0) is 10.4. The molecule has 0 heterocycles. The van der Waals surface area contributed by atoms with Gasteiger partial charge in [0.2, 0.25) is 0 Å². The fourth-order valence-corrected chi connectivity index (χ4v) is 0.483. The predicted octanol–water partition coefficient (Wildman–Crippen LogP) is 3.38. The van der Waals surface area contributed by atoms with Crippen molar-refractivity contribution >= 4 is 0 Å². The Kier molecular flexibility index (Phi) is 18.8. The quantitative estimate of drug-likeness (QED) is 0.238. The lowest BCUT2D eigenvalue weighted by atomic mass is 10.3. The molecule has 0 fully saturated rings. The summed E-state index contributed by atoms with van der Waals surface area (Å²) in [7, 11) is 0. The van der Waals surface area contributed by atoms with Gasteiger partial charge in [0, 0.05) is 12.8 Å². The van der Waals surface area contributed by atoms with Gasteiger partial charge in [-0.25, -0.2) is 5.26 Å². The maximum Gasteiger partial charge on any atom is 0.129 e. The fraction of sp³-hybridized carbons (Fsp3) is 0.455. The van der Waals surface area contributed by atoms with E-state index in [1.165, 1.54) is 6.26 Å². The lowest BCUT2D eigenvalue weighted by Crippen LogP contribution is -1.63. The summed E-state index contributed by atoms with van der Waals surface area (Å²) < 4.78 is 0. The molecule has 0 saturated heterocycles. The van der Waals surface area contributed by atoms with Crippen molar-refractivity contribution in [3.05, 3.63) is 24.5 Å². The van der Waals surface area contributed by atoms with Crippen LogP contribution in [0.5, 0.6) is 0 Å². The molecule has 0 saturated carbocycles. The summed E-state index contributed by atoms with van der Waals surface area (Å²) in [5.41, 5.74) is 0. The van der Waals surface area contributed by atoms with Gasteiger partial charge in [-0.15, -0.1) is 5.92 Å². The van der Waals surface area contributed by atoms with Crippen LogP contribution in [0.4, 0.5) is 0 Å². The zero-order valence-corrected chi connectivity index (χ0v) is 8.58. The highest BCUT2D eigenvalue weighted by Gasteiger charge is 1.67. The smallest absolute Gasteiger partial charge is 0.129 e. The highest BCUT2D eigenvalue weighted by Crippen LogP contribution is 1.82. The van der Waals surface area contributed by atoms with E-state index in [2.05, 4.69) is 16.7 Å². The second-order valence-electron chi connectivity index (χ2n) is 1.77. The Morgan fingerprint density at radius 2 is 1.92 bits per heavy atom. The monoisotopic (exact) mass is 182 g/mol. The average Bonchev–Trinajstić information content (AvgIpc) is 2.20. The van der Waals surface area contributed by atoms with E-state index in [-0.39, 0.29) is 0 Å². The van der Waals surface area contributed by atoms with Crippen molar-refractivity contribution in [1.82, 2.24) is 0 Å². The third-order valence-electron chi connectivity index (χ3n) is 0.908. The topological polar surface area (TPSA) is 29.5 Å². The highest BCUT2D eigenvalue weighted by molar-refractivity contribution is 5.08. The van der Waals surface area contributed by atoms with Crippen molar-refractivity contribution in [3.8, 4) is 11.8 Å². The molecule has 0 aromatic heterocycles. The first-order valence-electron chi connectivity index (χ1n) is 4.49. The number of hydrogen-bond acceptors (Lipinski definition) is 2. The molecule has 0 atom stereocenters. The lowest BCUT2D eigenvalue weighted by Gasteiger charge is -1.78. The Hall–Kier alpha value is -1.20. The number of allylic oxidation sites excluding steroid dienone is 3. The van der Waals surface area contributed by atoms with Gasteiger partial charge < -0.3 is 4.89 Å². The summed E-state index contributed by atoms with van der Waals surface area (Å²) in [5, 5.41) is 7.86. The van der Waals surface area contributed by atoms with Gasteiger partial charge in [-0.1, -0.05) is 38.8 Å². The van der Waals surface area contributed by atoms with Crippen LogP contribution in [0.1, 0.15) is 33.6 Å². The summed E-state index contributed by atoms with van der Waals surface area (Å²) in [6.45, 7) is 6.01. The maximum atomic E-state index is 7.86. The average molecular weight is 182 g/mol. The van der Waals surface area contributed by atoms with Crippen LogP contribution in [0.25, 0.3) is 0 Å². The van der Waals surface area contributed by atoms with Crippen molar-refractivity contribution in [2.45, 2.75) is 33.6 Å². The normalized spacial score (nSPS) is 8.92. The summed E-state index contributed by atoms with van der Waals surface area (Å²) in [5.74, 6) is 5.87. The van der Waals surface area contributed by atoms with E-state index in [0.29, 0.717) is 0 Å².